The summed E-state index contributed by atoms with van der Waals surface area (Å²) in [6, 6.07) is 13.9. The van der Waals surface area contributed by atoms with E-state index in [1.165, 1.54) is 18.2 Å². The van der Waals surface area contributed by atoms with Gasteiger partial charge in [-0.2, -0.15) is 0 Å². The molecule has 1 unspecified atom stereocenters. The van der Waals surface area contributed by atoms with Crippen LogP contribution >= 0.6 is 0 Å². The monoisotopic (exact) mass is 261 g/mol. The lowest BCUT2D eigenvalue weighted by atomic mass is 10.1. The van der Waals surface area contributed by atoms with Gasteiger partial charge in [-0.25, -0.2) is 8.78 Å². The van der Waals surface area contributed by atoms with Crippen LogP contribution in [0.5, 0.6) is 0 Å². The molecule has 0 fully saturated rings. The van der Waals surface area contributed by atoms with E-state index in [2.05, 4.69) is 5.32 Å². The maximum Gasteiger partial charge on any atom is 0.129 e. The summed E-state index contributed by atoms with van der Waals surface area (Å²) in [7, 11) is 0. The van der Waals surface area contributed by atoms with Gasteiger partial charge in [-0.1, -0.05) is 36.4 Å². The molecule has 100 valence electrons. The van der Waals surface area contributed by atoms with Crippen molar-refractivity contribution in [1.82, 2.24) is 5.32 Å². The van der Waals surface area contributed by atoms with Crippen molar-refractivity contribution in [1.29, 1.82) is 0 Å². The second-order valence-electron chi connectivity index (χ2n) is 4.67. The number of benzene rings is 2. The number of rotatable bonds is 5. The van der Waals surface area contributed by atoms with E-state index in [0.717, 1.165) is 5.56 Å². The first-order valence-corrected chi connectivity index (χ1v) is 6.37. The second-order valence-corrected chi connectivity index (χ2v) is 4.67. The zero-order chi connectivity index (χ0) is 13.7. The Bertz CT molecular complexity index is 505. The smallest absolute Gasteiger partial charge is 0.129 e. The van der Waals surface area contributed by atoms with Crippen molar-refractivity contribution in [3.05, 3.63) is 71.3 Å². The highest BCUT2D eigenvalue weighted by molar-refractivity contribution is 5.21. The van der Waals surface area contributed by atoms with Crippen LogP contribution in [-0.4, -0.2) is 6.04 Å². The third-order valence-corrected chi connectivity index (χ3v) is 3.07. The fourth-order valence-corrected chi connectivity index (χ4v) is 1.99. The Morgan fingerprint density at radius 3 is 2.21 bits per heavy atom. The van der Waals surface area contributed by atoms with Gasteiger partial charge in [0, 0.05) is 18.2 Å². The normalized spacial score (nSPS) is 12.4. The average molecular weight is 261 g/mol. The van der Waals surface area contributed by atoms with Crippen LogP contribution in [0.2, 0.25) is 0 Å². The molecule has 0 saturated heterocycles. The molecule has 2 aromatic carbocycles. The largest absolute Gasteiger partial charge is 0.310 e. The van der Waals surface area contributed by atoms with E-state index in [0.29, 0.717) is 13.0 Å². The van der Waals surface area contributed by atoms with Crippen LogP contribution < -0.4 is 5.32 Å². The summed E-state index contributed by atoms with van der Waals surface area (Å²) in [4.78, 5) is 0. The van der Waals surface area contributed by atoms with Crippen LogP contribution in [0.3, 0.4) is 0 Å². The lowest BCUT2D eigenvalue weighted by molar-refractivity contribution is 0.499. The molecule has 0 aromatic heterocycles. The summed E-state index contributed by atoms with van der Waals surface area (Å²) in [5, 5.41) is 3.27. The maximum absolute atomic E-state index is 13.5. The molecule has 1 N–H and O–H groups in total. The van der Waals surface area contributed by atoms with Gasteiger partial charge in [0.1, 0.15) is 11.6 Å². The topological polar surface area (TPSA) is 12.0 Å². The molecule has 0 aliphatic carbocycles. The highest BCUT2D eigenvalue weighted by Gasteiger charge is 2.11. The first kappa shape index (κ1) is 13.7. The zero-order valence-electron chi connectivity index (χ0n) is 10.9. The van der Waals surface area contributed by atoms with Gasteiger partial charge in [0.2, 0.25) is 0 Å². The molecule has 0 bridgehead atoms. The van der Waals surface area contributed by atoms with E-state index >= 15 is 0 Å². The Labute approximate surface area is 112 Å². The van der Waals surface area contributed by atoms with Gasteiger partial charge in [0.15, 0.2) is 0 Å². The number of hydrogen-bond acceptors (Lipinski definition) is 1. The summed E-state index contributed by atoms with van der Waals surface area (Å²) < 4.78 is 27.0. The van der Waals surface area contributed by atoms with E-state index in [-0.39, 0.29) is 11.6 Å². The van der Waals surface area contributed by atoms with Crippen molar-refractivity contribution >= 4 is 0 Å². The summed E-state index contributed by atoms with van der Waals surface area (Å²) >= 11 is 0. The van der Waals surface area contributed by atoms with E-state index in [1.54, 1.807) is 0 Å². The van der Waals surface area contributed by atoms with Gasteiger partial charge >= 0.3 is 0 Å². The van der Waals surface area contributed by atoms with Gasteiger partial charge in [-0.3, -0.25) is 0 Å². The average Bonchev–Trinajstić information content (AvgIpc) is 2.42. The lowest BCUT2D eigenvalue weighted by Crippen LogP contribution is -2.28. The summed E-state index contributed by atoms with van der Waals surface area (Å²) in [6.45, 7) is 2.62. The number of hydrogen-bond donors (Lipinski definition) is 1. The minimum absolute atomic E-state index is 0.00612. The molecule has 3 heteroatoms. The van der Waals surface area contributed by atoms with Gasteiger partial charge in [-0.15, -0.1) is 0 Å². The third kappa shape index (κ3) is 3.86. The van der Waals surface area contributed by atoms with E-state index in [9.17, 15) is 8.78 Å². The standard InChI is InChI=1S/C16H17F2N/c1-12(19-11-13-6-3-2-4-7-13)10-14-15(17)8-5-9-16(14)18/h2-9,12,19H,10-11H2,1H3. The Hall–Kier alpha value is -1.74. The Morgan fingerprint density at radius 1 is 0.947 bits per heavy atom. The Kier molecular flexibility index (Phi) is 4.63. The SMILES string of the molecule is CC(Cc1c(F)cccc1F)NCc1ccccc1. The molecule has 0 heterocycles. The van der Waals surface area contributed by atoms with Gasteiger partial charge < -0.3 is 5.32 Å². The first-order valence-electron chi connectivity index (χ1n) is 6.37. The van der Waals surface area contributed by atoms with Gasteiger partial charge in [0.25, 0.3) is 0 Å². The maximum atomic E-state index is 13.5. The molecule has 0 saturated carbocycles. The molecule has 1 atom stereocenters. The van der Waals surface area contributed by atoms with Crippen molar-refractivity contribution in [3.63, 3.8) is 0 Å². The Morgan fingerprint density at radius 2 is 1.58 bits per heavy atom. The molecule has 19 heavy (non-hydrogen) atoms. The third-order valence-electron chi connectivity index (χ3n) is 3.07. The molecular weight excluding hydrogens is 244 g/mol. The van der Waals surface area contributed by atoms with Crippen molar-refractivity contribution in [2.24, 2.45) is 0 Å². The summed E-state index contributed by atoms with van der Waals surface area (Å²) in [6.07, 6.45) is 0.339. The van der Waals surface area contributed by atoms with Crippen LogP contribution in [0.4, 0.5) is 8.78 Å². The first-order chi connectivity index (χ1) is 9.16. The highest BCUT2D eigenvalue weighted by Crippen LogP contribution is 2.14. The number of nitrogens with one attached hydrogen (secondary N) is 1. The van der Waals surface area contributed by atoms with Crippen LogP contribution in [0, 0.1) is 11.6 Å². The Balaban J connectivity index is 1.93. The van der Waals surface area contributed by atoms with Crippen LogP contribution in [0.25, 0.3) is 0 Å². The van der Waals surface area contributed by atoms with E-state index < -0.39 is 11.6 Å². The molecule has 0 spiro atoms. The van der Waals surface area contributed by atoms with Crippen LogP contribution in [-0.2, 0) is 13.0 Å². The number of halogens is 2. The van der Waals surface area contributed by atoms with Gasteiger partial charge in [-0.05, 0) is 31.0 Å². The molecule has 0 amide bonds. The quantitative estimate of drug-likeness (QED) is 0.865. The van der Waals surface area contributed by atoms with E-state index in [4.69, 9.17) is 0 Å². The van der Waals surface area contributed by atoms with E-state index in [1.807, 2.05) is 37.3 Å². The molecule has 0 aliphatic rings. The van der Waals surface area contributed by atoms with Crippen molar-refractivity contribution in [3.8, 4) is 0 Å². The fourth-order valence-electron chi connectivity index (χ4n) is 1.99. The minimum atomic E-state index is -0.478. The predicted octanol–water partition coefficient (Wildman–Crippen LogP) is 3.69. The summed E-state index contributed by atoms with van der Waals surface area (Å²) in [5.74, 6) is -0.957. The lowest BCUT2D eigenvalue weighted by Gasteiger charge is -2.15. The fraction of sp³-hybridized carbons (Fsp3) is 0.250. The molecule has 0 radical (unpaired) electrons. The van der Waals surface area contributed by atoms with Gasteiger partial charge in [0.05, 0.1) is 0 Å². The molecule has 1 nitrogen and oxygen atoms in total. The van der Waals surface area contributed by atoms with Crippen LogP contribution in [0.15, 0.2) is 48.5 Å². The second kappa shape index (κ2) is 6.43. The highest BCUT2D eigenvalue weighted by atomic mass is 19.1. The molecule has 2 rings (SSSR count). The predicted molar refractivity (Wildman–Crippen MR) is 72.8 cm³/mol. The minimum Gasteiger partial charge on any atom is -0.310 e. The van der Waals surface area contributed by atoms with Crippen molar-refractivity contribution in [2.75, 3.05) is 0 Å². The summed E-state index contributed by atoms with van der Waals surface area (Å²) in [5.41, 5.74) is 1.30. The molecule has 0 aliphatic heterocycles. The zero-order valence-corrected chi connectivity index (χ0v) is 10.9. The van der Waals surface area contributed by atoms with Crippen molar-refractivity contribution in [2.45, 2.75) is 25.9 Å². The van der Waals surface area contributed by atoms with Crippen molar-refractivity contribution < 1.29 is 8.78 Å². The van der Waals surface area contributed by atoms with Crippen LogP contribution in [0.1, 0.15) is 18.1 Å². The molecule has 2 aromatic rings. The molecular formula is C16H17F2N.